The van der Waals surface area contributed by atoms with Crippen LogP contribution in [0, 0.1) is 35.0 Å². The van der Waals surface area contributed by atoms with Gasteiger partial charge in [0.15, 0.2) is 0 Å². The lowest BCUT2D eigenvalue weighted by molar-refractivity contribution is -0.206. The third kappa shape index (κ3) is 4.75. The Morgan fingerprint density at radius 3 is 2.60 bits per heavy atom. The molecule has 4 aliphatic rings. The molecule has 11 heteroatoms. The van der Waals surface area contributed by atoms with E-state index in [1.807, 2.05) is 30.3 Å². The van der Waals surface area contributed by atoms with E-state index in [1.54, 1.807) is 18.3 Å². The lowest BCUT2D eigenvalue weighted by atomic mass is 9.49. The van der Waals surface area contributed by atoms with Crippen LogP contribution < -0.4 is 21.6 Å². The molecular weight excluding hydrogens is 577 g/mol. The Hall–Kier alpha value is -5.00. The van der Waals surface area contributed by atoms with Crippen molar-refractivity contribution in [3.63, 3.8) is 0 Å². The Balaban J connectivity index is 1.33. The predicted molar refractivity (Wildman–Crippen MR) is 167 cm³/mol. The fraction of sp³-hybridized carbons (Fsp3) is 0.324. The van der Waals surface area contributed by atoms with Crippen LogP contribution in [0.25, 0.3) is 21.8 Å². The van der Waals surface area contributed by atoms with E-state index in [2.05, 4.69) is 54.8 Å². The number of hydrogen-bond donors (Lipinski definition) is 4. The zero-order valence-corrected chi connectivity index (χ0v) is 24.8. The van der Waals surface area contributed by atoms with Gasteiger partial charge in [-0.2, -0.15) is 18.4 Å². The maximum absolute atomic E-state index is 13.7. The number of anilines is 2. The molecule has 0 unspecified atom stereocenters. The summed E-state index contributed by atoms with van der Waals surface area (Å²) in [7, 11) is 0. The fourth-order valence-corrected chi connectivity index (χ4v) is 6.51. The summed E-state index contributed by atoms with van der Waals surface area (Å²) in [4.78, 5) is 8.97. The van der Waals surface area contributed by atoms with E-state index in [1.165, 1.54) is 6.20 Å². The molecule has 0 radical (unpaired) electrons. The summed E-state index contributed by atoms with van der Waals surface area (Å²) in [6.07, 6.45) is 10.1. The number of fused-ring (bicyclic) bond motifs is 2. The van der Waals surface area contributed by atoms with Gasteiger partial charge in [0.05, 0.1) is 50.5 Å². The number of hydrazine groups is 2. The first-order valence-electron chi connectivity index (χ1n) is 14.8. The highest BCUT2D eigenvalue weighted by molar-refractivity contribution is 5.99. The van der Waals surface area contributed by atoms with Gasteiger partial charge < -0.3 is 16.1 Å². The summed E-state index contributed by atoms with van der Waals surface area (Å²) in [6.45, 7) is 1.84. The highest BCUT2D eigenvalue weighted by Crippen LogP contribution is 2.60. The van der Waals surface area contributed by atoms with Crippen LogP contribution in [0.4, 0.5) is 24.5 Å². The number of nitrogens with zero attached hydrogens (tertiary/aromatic N) is 4. The van der Waals surface area contributed by atoms with Crippen molar-refractivity contribution in [1.82, 2.24) is 25.9 Å². The highest BCUT2D eigenvalue weighted by Gasteiger charge is 2.60. The first-order valence-corrected chi connectivity index (χ1v) is 14.8. The minimum absolute atomic E-state index is 0.128. The van der Waals surface area contributed by atoms with Crippen LogP contribution in [0.15, 0.2) is 66.8 Å². The first-order chi connectivity index (χ1) is 21.5. The standard InChI is InChI=1S/C34H31F3N8/c1-4-21-17-40-30-22(16-38)11-23(12-26(30)29(21)41-19-32(2,3)34(35,36)37)42-31(25-7-5-9-27-24(25)8-6-10-39-27)28-18-45(44-43-28)33-13-20(14-33)15-33/h1,5-12,17-18,20,31,42-44H,13-15,19H2,2-3H3,(H,40,41)/t20?,31-,33?/m0/s1. The number of rotatable bonds is 8. The number of alkyl halides is 3. The first kappa shape index (κ1) is 28.8. The van der Waals surface area contributed by atoms with E-state index < -0.39 is 24.2 Å². The van der Waals surface area contributed by atoms with Crippen LogP contribution in [0.1, 0.15) is 55.8 Å². The molecule has 45 heavy (non-hydrogen) atoms. The van der Waals surface area contributed by atoms with Gasteiger partial charge in [0.2, 0.25) is 0 Å². The molecule has 8 nitrogen and oxygen atoms in total. The third-order valence-corrected chi connectivity index (χ3v) is 9.44. The average molecular weight is 609 g/mol. The summed E-state index contributed by atoms with van der Waals surface area (Å²) in [5, 5.41) is 20.3. The number of aromatic nitrogens is 2. The minimum atomic E-state index is -4.44. The second kappa shape index (κ2) is 10.3. The summed E-state index contributed by atoms with van der Waals surface area (Å²) >= 11 is 0. The van der Waals surface area contributed by atoms with Crippen LogP contribution in [-0.2, 0) is 0 Å². The predicted octanol–water partition coefficient (Wildman–Crippen LogP) is 6.51. The van der Waals surface area contributed by atoms with Crippen LogP contribution in [-0.4, -0.2) is 33.2 Å². The zero-order valence-electron chi connectivity index (χ0n) is 24.8. The van der Waals surface area contributed by atoms with Gasteiger partial charge in [-0.25, -0.2) is 0 Å². The highest BCUT2D eigenvalue weighted by atomic mass is 19.4. The number of nitrogens with one attached hydrogen (secondary N) is 4. The third-order valence-electron chi connectivity index (χ3n) is 9.44. The topological polar surface area (TPSA) is 101 Å². The molecule has 0 spiro atoms. The van der Waals surface area contributed by atoms with E-state index >= 15 is 0 Å². The van der Waals surface area contributed by atoms with Gasteiger partial charge in [-0.15, -0.1) is 12.0 Å². The van der Waals surface area contributed by atoms with Crippen molar-refractivity contribution in [1.29, 1.82) is 5.26 Å². The van der Waals surface area contributed by atoms with Gasteiger partial charge in [0.1, 0.15) is 6.07 Å². The Labute approximate surface area is 258 Å². The van der Waals surface area contributed by atoms with Gasteiger partial charge in [-0.3, -0.25) is 15.0 Å². The van der Waals surface area contributed by atoms with Gasteiger partial charge in [0, 0.05) is 41.6 Å². The fourth-order valence-electron chi connectivity index (χ4n) is 6.51. The van der Waals surface area contributed by atoms with Crippen LogP contribution >= 0.6 is 0 Å². The van der Waals surface area contributed by atoms with Crippen LogP contribution in [0.5, 0.6) is 0 Å². The van der Waals surface area contributed by atoms with Crippen molar-refractivity contribution in [3.8, 4) is 18.4 Å². The van der Waals surface area contributed by atoms with Crippen LogP contribution in [0.3, 0.4) is 0 Å². The summed E-state index contributed by atoms with van der Waals surface area (Å²) in [5.41, 5.74) is 9.27. The number of benzene rings is 2. The molecule has 2 bridgehead atoms. The van der Waals surface area contributed by atoms with Crippen molar-refractivity contribution in [2.45, 2.75) is 50.9 Å². The largest absolute Gasteiger partial charge is 0.395 e. The number of nitriles is 1. The Morgan fingerprint density at radius 2 is 1.91 bits per heavy atom. The molecule has 8 rings (SSSR count). The van der Waals surface area contributed by atoms with Crippen LogP contribution in [0.2, 0.25) is 0 Å². The maximum atomic E-state index is 13.7. The minimum Gasteiger partial charge on any atom is -0.383 e. The van der Waals surface area contributed by atoms with Gasteiger partial charge in [-0.1, -0.05) is 24.1 Å². The molecule has 2 aromatic carbocycles. The monoisotopic (exact) mass is 608 g/mol. The summed E-state index contributed by atoms with van der Waals surface area (Å²) < 4.78 is 41.2. The zero-order chi connectivity index (χ0) is 31.6. The molecule has 3 heterocycles. The molecule has 4 aromatic rings. The number of terminal acetylenes is 1. The van der Waals surface area contributed by atoms with E-state index in [4.69, 9.17) is 6.42 Å². The van der Waals surface area contributed by atoms with E-state index in [0.29, 0.717) is 27.8 Å². The molecule has 1 aliphatic heterocycles. The maximum Gasteiger partial charge on any atom is 0.395 e. The molecule has 1 atom stereocenters. The van der Waals surface area contributed by atoms with Crippen molar-refractivity contribution in [3.05, 3.63) is 83.4 Å². The van der Waals surface area contributed by atoms with Crippen molar-refractivity contribution in [2.75, 3.05) is 17.2 Å². The molecular formula is C34H31F3N8. The van der Waals surface area contributed by atoms with Crippen molar-refractivity contribution >= 4 is 33.2 Å². The molecule has 2 aromatic heterocycles. The number of halogens is 3. The van der Waals surface area contributed by atoms with E-state index in [-0.39, 0.29) is 11.1 Å². The normalized spacial score (nSPS) is 21.2. The molecule has 228 valence electrons. The average Bonchev–Trinajstić information content (AvgIpc) is 3.45. The molecule has 3 fully saturated rings. The quantitative estimate of drug-likeness (QED) is 0.168. The number of hydrogen-bond acceptors (Lipinski definition) is 8. The lowest BCUT2D eigenvalue weighted by Crippen LogP contribution is -2.69. The van der Waals surface area contributed by atoms with E-state index in [0.717, 1.165) is 61.2 Å². The molecule has 3 aliphatic carbocycles. The second-order valence-electron chi connectivity index (χ2n) is 12.8. The van der Waals surface area contributed by atoms with Gasteiger partial charge >= 0.3 is 6.18 Å². The summed E-state index contributed by atoms with van der Waals surface area (Å²) in [6, 6.07) is 15.1. The molecule has 4 N–H and O–H groups in total. The van der Waals surface area contributed by atoms with Gasteiger partial charge in [0.25, 0.3) is 0 Å². The Bertz CT molecular complexity index is 1930. The lowest BCUT2D eigenvalue weighted by Gasteiger charge is -2.64. The van der Waals surface area contributed by atoms with E-state index in [9.17, 15) is 18.4 Å². The smallest absolute Gasteiger partial charge is 0.383 e. The Kier molecular flexibility index (Phi) is 6.57. The second-order valence-corrected chi connectivity index (χ2v) is 12.8. The summed E-state index contributed by atoms with van der Waals surface area (Å²) in [5.74, 6) is 3.34. The van der Waals surface area contributed by atoms with Crippen molar-refractivity contribution < 1.29 is 13.2 Å². The molecule has 0 saturated heterocycles. The number of pyridine rings is 2. The Morgan fingerprint density at radius 1 is 1.11 bits per heavy atom. The molecule has 0 amide bonds. The SMILES string of the molecule is C#Cc1cnc2c(C#N)cc(N[C@H](C3=CN(C45CC(C4)C5)NN3)c3cccc4ncccc34)cc2c1NCC(C)(C)C(F)(F)F. The molecule has 3 saturated carbocycles. The van der Waals surface area contributed by atoms with Crippen molar-refractivity contribution in [2.24, 2.45) is 11.3 Å². The van der Waals surface area contributed by atoms with Gasteiger partial charge in [-0.05, 0) is 68.9 Å².